The van der Waals surface area contributed by atoms with Crippen molar-refractivity contribution in [3.63, 3.8) is 0 Å². The maximum Gasteiger partial charge on any atom is 0.412 e. The van der Waals surface area contributed by atoms with Crippen molar-refractivity contribution in [2.45, 2.75) is 31.6 Å². The third-order valence-electron chi connectivity index (χ3n) is 3.95. The van der Waals surface area contributed by atoms with Gasteiger partial charge in [-0.25, -0.2) is 4.98 Å². The number of alkyl halides is 3. The molecular formula is C13H17F3N4. The van der Waals surface area contributed by atoms with E-state index in [0.29, 0.717) is 13.1 Å². The van der Waals surface area contributed by atoms with E-state index in [1.807, 2.05) is 0 Å². The van der Waals surface area contributed by atoms with E-state index in [9.17, 15) is 13.2 Å². The van der Waals surface area contributed by atoms with Crippen LogP contribution in [0.15, 0.2) is 18.0 Å². The Balaban J connectivity index is 1.55. The number of hydrogen-bond donors (Lipinski definition) is 2. The summed E-state index contributed by atoms with van der Waals surface area (Å²) >= 11 is 0. The summed E-state index contributed by atoms with van der Waals surface area (Å²) in [6, 6.07) is 0.256. The largest absolute Gasteiger partial charge is 0.412 e. The van der Waals surface area contributed by atoms with Gasteiger partial charge in [-0.15, -0.1) is 0 Å². The molecule has 20 heavy (non-hydrogen) atoms. The Kier molecular flexibility index (Phi) is 3.55. The molecule has 0 aromatic carbocycles. The first-order valence-electron chi connectivity index (χ1n) is 6.75. The molecule has 110 valence electrons. The first kappa shape index (κ1) is 13.6. The van der Waals surface area contributed by atoms with Crippen molar-refractivity contribution < 1.29 is 13.2 Å². The van der Waals surface area contributed by atoms with E-state index in [1.54, 1.807) is 6.33 Å². The molecule has 0 aliphatic carbocycles. The summed E-state index contributed by atoms with van der Waals surface area (Å²) < 4.78 is 37.6. The summed E-state index contributed by atoms with van der Waals surface area (Å²) in [7, 11) is 0. The van der Waals surface area contributed by atoms with Gasteiger partial charge in [0.2, 0.25) is 0 Å². The lowest BCUT2D eigenvalue weighted by Gasteiger charge is -2.32. The third-order valence-corrected chi connectivity index (χ3v) is 3.95. The average Bonchev–Trinajstić information content (AvgIpc) is 2.86. The van der Waals surface area contributed by atoms with Crippen LogP contribution in [-0.2, 0) is 13.0 Å². The van der Waals surface area contributed by atoms with Gasteiger partial charge in [-0.3, -0.25) is 4.90 Å². The van der Waals surface area contributed by atoms with Gasteiger partial charge < -0.3 is 10.3 Å². The van der Waals surface area contributed by atoms with Crippen LogP contribution in [0.2, 0.25) is 0 Å². The number of halogens is 3. The molecule has 0 saturated heterocycles. The molecule has 1 aromatic heterocycles. The first-order valence-corrected chi connectivity index (χ1v) is 6.75. The van der Waals surface area contributed by atoms with Crippen LogP contribution in [0.25, 0.3) is 0 Å². The number of aromatic nitrogens is 2. The second-order valence-corrected chi connectivity index (χ2v) is 5.35. The topological polar surface area (TPSA) is 44.0 Å². The second-order valence-electron chi connectivity index (χ2n) is 5.35. The van der Waals surface area contributed by atoms with E-state index in [0.717, 1.165) is 30.9 Å². The van der Waals surface area contributed by atoms with Crippen molar-refractivity contribution in [2.75, 3.05) is 19.6 Å². The first-order chi connectivity index (χ1) is 9.52. The van der Waals surface area contributed by atoms with Crippen LogP contribution < -0.4 is 5.32 Å². The van der Waals surface area contributed by atoms with Gasteiger partial charge in [0, 0.05) is 44.2 Å². The number of nitrogens with one attached hydrogen (secondary N) is 2. The summed E-state index contributed by atoms with van der Waals surface area (Å²) in [6.07, 6.45) is -0.256. The minimum Gasteiger partial charge on any atom is -0.347 e. The molecule has 3 rings (SSSR count). The smallest absolute Gasteiger partial charge is 0.347 e. The Labute approximate surface area is 115 Å². The van der Waals surface area contributed by atoms with E-state index in [-0.39, 0.29) is 18.0 Å². The maximum absolute atomic E-state index is 12.5. The highest BCUT2D eigenvalue weighted by Gasteiger charge is 2.35. The van der Waals surface area contributed by atoms with Crippen LogP contribution in [0.5, 0.6) is 0 Å². The van der Waals surface area contributed by atoms with Crippen molar-refractivity contribution in [3.8, 4) is 0 Å². The SMILES string of the molecule is FC(F)(F)C1=CCN(CC2Cc3nc[nH]c3CN2)CC1. The number of rotatable bonds is 2. The molecule has 0 saturated carbocycles. The summed E-state index contributed by atoms with van der Waals surface area (Å²) in [4.78, 5) is 9.41. The second kappa shape index (κ2) is 5.21. The molecule has 0 bridgehead atoms. The lowest BCUT2D eigenvalue weighted by Crippen LogP contribution is -2.46. The van der Waals surface area contributed by atoms with Crippen molar-refractivity contribution in [1.29, 1.82) is 0 Å². The quantitative estimate of drug-likeness (QED) is 0.812. The van der Waals surface area contributed by atoms with E-state index in [1.165, 1.54) is 6.08 Å². The Bertz CT molecular complexity index is 506. The van der Waals surface area contributed by atoms with Gasteiger partial charge in [0.05, 0.1) is 17.7 Å². The maximum atomic E-state index is 12.5. The zero-order chi connectivity index (χ0) is 14.2. The summed E-state index contributed by atoms with van der Waals surface area (Å²) in [5.74, 6) is 0. The highest BCUT2D eigenvalue weighted by molar-refractivity contribution is 5.17. The molecule has 0 radical (unpaired) electrons. The lowest BCUT2D eigenvalue weighted by atomic mass is 10.0. The fourth-order valence-corrected chi connectivity index (χ4v) is 2.81. The molecule has 1 aromatic rings. The molecule has 2 aliphatic rings. The van der Waals surface area contributed by atoms with Gasteiger partial charge in [0.25, 0.3) is 0 Å². The van der Waals surface area contributed by atoms with Gasteiger partial charge in [-0.2, -0.15) is 13.2 Å². The minimum atomic E-state index is -4.17. The molecule has 2 N–H and O–H groups in total. The van der Waals surface area contributed by atoms with Crippen LogP contribution in [-0.4, -0.2) is 46.7 Å². The van der Waals surface area contributed by atoms with Crippen LogP contribution in [0.3, 0.4) is 0 Å². The Morgan fingerprint density at radius 3 is 2.95 bits per heavy atom. The predicted molar refractivity (Wildman–Crippen MR) is 68.1 cm³/mol. The van der Waals surface area contributed by atoms with E-state index in [2.05, 4.69) is 20.2 Å². The molecule has 0 spiro atoms. The molecular weight excluding hydrogens is 269 g/mol. The van der Waals surface area contributed by atoms with Gasteiger partial charge in [0.1, 0.15) is 0 Å². The number of H-pyrrole nitrogens is 1. The number of hydrogen-bond acceptors (Lipinski definition) is 3. The zero-order valence-electron chi connectivity index (χ0n) is 11.0. The molecule has 1 unspecified atom stereocenters. The summed E-state index contributed by atoms with van der Waals surface area (Å²) in [5.41, 5.74) is 1.79. The van der Waals surface area contributed by atoms with Gasteiger partial charge in [-0.1, -0.05) is 6.08 Å². The van der Waals surface area contributed by atoms with E-state index < -0.39 is 6.18 Å². The van der Waals surface area contributed by atoms with E-state index >= 15 is 0 Å². The normalized spacial score (nSPS) is 24.4. The molecule has 2 aliphatic heterocycles. The van der Waals surface area contributed by atoms with Crippen molar-refractivity contribution >= 4 is 0 Å². The van der Waals surface area contributed by atoms with Crippen molar-refractivity contribution in [1.82, 2.24) is 20.2 Å². The lowest BCUT2D eigenvalue weighted by molar-refractivity contribution is -0.0960. The molecule has 0 amide bonds. The van der Waals surface area contributed by atoms with Gasteiger partial charge in [0.15, 0.2) is 0 Å². The molecule has 3 heterocycles. The van der Waals surface area contributed by atoms with Crippen LogP contribution in [0.1, 0.15) is 17.8 Å². The number of nitrogens with zero attached hydrogens (tertiary/aromatic N) is 2. The summed E-state index contributed by atoms with van der Waals surface area (Å²) in [5, 5.41) is 3.39. The van der Waals surface area contributed by atoms with Gasteiger partial charge >= 0.3 is 6.18 Å². The summed E-state index contributed by atoms with van der Waals surface area (Å²) in [6.45, 7) is 2.35. The van der Waals surface area contributed by atoms with Gasteiger partial charge in [-0.05, 0) is 6.42 Å². The number of aromatic amines is 1. The highest BCUT2D eigenvalue weighted by Crippen LogP contribution is 2.30. The monoisotopic (exact) mass is 286 g/mol. The third kappa shape index (κ3) is 2.88. The average molecular weight is 286 g/mol. The Morgan fingerprint density at radius 2 is 2.25 bits per heavy atom. The minimum absolute atomic E-state index is 0.0872. The fourth-order valence-electron chi connectivity index (χ4n) is 2.81. The van der Waals surface area contributed by atoms with Crippen molar-refractivity contribution in [3.05, 3.63) is 29.4 Å². The Hall–Kier alpha value is -1.34. The molecule has 1 atom stereocenters. The predicted octanol–water partition coefficient (Wildman–Crippen LogP) is 1.62. The fraction of sp³-hybridized carbons (Fsp3) is 0.615. The molecule has 4 nitrogen and oxygen atoms in total. The van der Waals surface area contributed by atoms with E-state index in [4.69, 9.17) is 0 Å². The molecule has 0 fully saturated rings. The number of fused-ring (bicyclic) bond motifs is 1. The van der Waals surface area contributed by atoms with Crippen LogP contribution in [0, 0.1) is 0 Å². The number of imidazole rings is 1. The van der Waals surface area contributed by atoms with Crippen LogP contribution >= 0.6 is 0 Å². The van der Waals surface area contributed by atoms with Crippen molar-refractivity contribution in [2.24, 2.45) is 0 Å². The standard InChI is InChI=1S/C13H17F3N4/c14-13(15,16)9-1-3-20(4-2-9)7-10-5-11-12(6-17-10)19-8-18-11/h1,8,10,17H,2-7H2,(H,18,19). The van der Waals surface area contributed by atoms with Crippen LogP contribution in [0.4, 0.5) is 13.2 Å². The Morgan fingerprint density at radius 1 is 1.40 bits per heavy atom. The molecule has 7 heteroatoms. The highest BCUT2D eigenvalue weighted by atomic mass is 19.4. The zero-order valence-corrected chi connectivity index (χ0v) is 11.0.